The monoisotopic (exact) mass is 341 g/mol. The first-order chi connectivity index (χ1) is 11.6. The highest BCUT2D eigenvalue weighted by Crippen LogP contribution is 2.43. The van der Waals surface area contributed by atoms with Gasteiger partial charge in [-0.2, -0.15) is 0 Å². The maximum Gasteiger partial charge on any atom is 0.132 e. The first-order valence-corrected chi connectivity index (χ1v) is 8.36. The molecule has 1 aliphatic carbocycles. The van der Waals surface area contributed by atoms with Gasteiger partial charge in [0, 0.05) is 16.5 Å². The third-order valence-electron chi connectivity index (χ3n) is 4.35. The number of anilines is 1. The molecule has 3 nitrogen and oxygen atoms in total. The second kappa shape index (κ2) is 5.95. The van der Waals surface area contributed by atoms with Crippen molar-refractivity contribution in [2.75, 3.05) is 5.73 Å². The summed E-state index contributed by atoms with van der Waals surface area (Å²) in [6.45, 7) is 0.633. The Hall–Kier alpha value is -2.33. The van der Waals surface area contributed by atoms with Crippen LogP contribution in [-0.2, 0) is 6.54 Å². The Balaban J connectivity index is 1.82. The molecule has 1 aromatic heterocycles. The van der Waals surface area contributed by atoms with E-state index in [-0.39, 0.29) is 5.82 Å². The van der Waals surface area contributed by atoms with Crippen molar-refractivity contribution in [1.29, 1.82) is 0 Å². The Morgan fingerprint density at radius 1 is 1.17 bits per heavy atom. The van der Waals surface area contributed by atoms with Crippen LogP contribution in [0.25, 0.3) is 11.3 Å². The molecule has 0 atom stereocenters. The van der Waals surface area contributed by atoms with E-state index in [4.69, 9.17) is 17.3 Å². The van der Waals surface area contributed by atoms with Gasteiger partial charge in [-0.3, -0.25) is 0 Å². The summed E-state index contributed by atoms with van der Waals surface area (Å²) in [5.41, 5.74) is 8.33. The Labute approximate surface area is 144 Å². The summed E-state index contributed by atoms with van der Waals surface area (Å²) in [6, 6.07) is 14.5. The van der Waals surface area contributed by atoms with Gasteiger partial charge < -0.3 is 10.3 Å². The molecule has 1 fully saturated rings. The zero-order valence-electron chi connectivity index (χ0n) is 13.0. The van der Waals surface area contributed by atoms with Crippen molar-refractivity contribution in [2.45, 2.75) is 25.3 Å². The molecule has 122 valence electrons. The summed E-state index contributed by atoms with van der Waals surface area (Å²) >= 11 is 6.03. The normalized spacial score (nSPS) is 14.1. The summed E-state index contributed by atoms with van der Waals surface area (Å²) in [5.74, 6) is 1.47. The van der Waals surface area contributed by atoms with Crippen LogP contribution in [0.15, 0.2) is 48.5 Å². The van der Waals surface area contributed by atoms with Crippen molar-refractivity contribution in [1.82, 2.24) is 9.55 Å². The molecule has 0 unspecified atom stereocenters. The molecule has 2 aromatic carbocycles. The van der Waals surface area contributed by atoms with Gasteiger partial charge in [0.2, 0.25) is 0 Å². The lowest BCUT2D eigenvalue weighted by Gasteiger charge is -2.10. The van der Waals surface area contributed by atoms with E-state index in [0.717, 1.165) is 24.2 Å². The van der Waals surface area contributed by atoms with Crippen molar-refractivity contribution >= 4 is 17.4 Å². The number of hydrogen-bond donors (Lipinski definition) is 1. The van der Waals surface area contributed by atoms with Gasteiger partial charge in [-0.1, -0.05) is 41.9 Å². The van der Waals surface area contributed by atoms with E-state index in [1.54, 1.807) is 6.07 Å². The Kier molecular flexibility index (Phi) is 3.77. The van der Waals surface area contributed by atoms with Crippen LogP contribution in [0.2, 0.25) is 5.02 Å². The predicted octanol–water partition coefficient (Wildman–Crippen LogP) is 4.85. The fourth-order valence-electron chi connectivity index (χ4n) is 2.95. The number of halogens is 2. The van der Waals surface area contributed by atoms with Crippen LogP contribution < -0.4 is 5.73 Å². The van der Waals surface area contributed by atoms with E-state index in [9.17, 15) is 4.39 Å². The lowest BCUT2D eigenvalue weighted by Crippen LogP contribution is -2.08. The lowest BCUT2D eigenvalue weighted by molar-refractivity contribution is 0.631. The number of imidazole rings is 1. The molecule has 1 heterocycles. The number of hydrogen-bond acceptors (Lipinski definition) is 2. The summed E-state index contributed by atoms with van der Waals surface area (Å²) in [7, 11) is 0. The fourth-order valence-corrected chi connectivity index (χ4v) is 3.12. The number of nitrogens with two attached hydrogens (primary N) is 1. The van der Waals surface area contributed by atoms with Gasteiger partial charge in [0.1, 0.15) is 23.2 Å². The van der Waals surface area contributed by atoms with Crippen LogP contribution >= 0.6 is 11.6 Å². The van der Waals surface area contributed by atoms with Crippen molar-refractivity contribution in [3.8, 4) is 11.3 Å². The molecule has 2 N–H and O–H groups in total. The van der Waals surface area contributed by atoms with Gasteiger partial charge in [0.25, 0.3) is 0 Å². The van der Waals surface area contributed by atoms with E-state index in [2.05, 4.69) is 17.1 Å². The minimum absolute atomic E-state index is 0.355. The lowest BCUT2D eigenvalue weighted by atomic mass is 10.1. The molecular formula is C19H17ClFN3. The number of nitrogens with zero attached hydrogens (tertiary/aromatic N) is 2. The number of rotatable bonds is 4. The first-order valence-electron chi connectivity index (χ1n) is 7.98. The van der Waals surface area contributed by atoms with Crippen LogP contribution in [-0.4, -0.2) is 9.55 Å². The average Bonchev–Trinajstić information content (AvgIpc) is 3.38. The molecule has 0 amide bonds. The average molecular weight is 342 g/mol. The minimum atomic E-state index is -0.363. The maximum atomic E-state index is 14.3. The van der Waals surface area contributed by atoms with E-state index < -0.39 is 0 Å². The quantitative estimate of drug-likeness (QED) is 0.737. The van der Waals surface area contributed by atoms with Crippen LogP contribution in [0, 0.1) is 5.82 Å². The summed E-state index contributed by atoms with van der Waals surface area (Å²) in [6.07, 6.45) is 2.20. The standard InChI is InChI=1S/C19H17ClFN3/c20-14-8-9-16(21)15(10-14)17-18(22)24(19(23-17)13-6-7-13)11-12-4-2-1-3-5-12/h1-5,8-10,13H,6-7,11,22H2. The van der Waals surface area contributed by atoms with Crippen LogP contribution in [0.3, 0.4) is 0 Å². The molecule has 0 aliphatic heterocycles. The summed E-state index contributed by atoms with van der Waals surface area (Å²) < 4.78 is 16.3. The fraction of sp³-hybridized carbons (Fsp3) is 0.211. The molecule has 1 saturated carbocycles. The first kappa shape index (κ1) is 15.2. The molecular weight excluding hydrogens is 325 g/mol. The van der Waals surface area contributed by atoms with Crippen LogP contribution in [0.1, 0.15) is 30.1 Å². The molecule has 24 heavy (non-hydrogen) atoms. The minimum Gasteiger partial charge on any atom is -0.383 e. The topological polar surface area (TPSA) is 43.8 Å². The second-order valence-electron chi connectivity index (χ2n) is 6.17. The number of benzene rings is 2. The van der Waals surface area contributed by atoms with Crippen LogP contribution in [0.5, 0.6) is 0 Å². The van der Waals surface area contributed by atoms with Gasteiger partial charge in [0.05, 0.1) is 6.54 Å². The van der Waals surface area contributed by atoms with Gasteiger partial charge in [-0.15, -0.1) is 0 Å². The molecule has 4 rings (SSSR count). The molecule has 0 saturated heterocycles. The Bertz CT molecular complexity index is 885. The SMILES string of the molecule is Nc1c(-c2cc(Cl)ccc2F)nc(C2CC2)n1Cc1ccccc1. The molecule has 0 spiro atoms. The highest BCUT2D eigenvalue weighted by atomic mass is 35.5. The number of nitrogen functional groups attached to an aromatic ring is 1. The molecule has 0 bridgehead atoms. The third-order valence-corrected chi connectivity index (χ3v) is 4.58. The Morgan fingerprint density at radius 2 is 1.92 bits per heavy atom. The zero-order chi connectivity index (χ0) is 16.7. The molecule has 5 heteroatoms. The molecule has 3 aromatic rings. The van der Waals surface area contributed by atoms with Gasteiger partial charge in [0.15, 0.2) is 0 Å². The predicted molar refractivity (Wildman–Crippen MR) is 94.6 cm³/mol. The number of aromatic nitrogens is 2. The highest BCUT2D eigenvalue weighted by molar-refractivity contribution is 6.30. The van der Waals surface area contributed by atoms with E-state index in [1.807, 2.05) is 22.8 Å². The molecule has 1 aliphatic rings. The second-order valence-corrected chi connectivity index (χ2v) is 6.61. The Morgan fingerprint density at radius 3 is 2.62 bits per heavy atom. The van der Waals surface area contributed by atoms with E-state index >= 15 is 0 Å². The van der Waals surface area contributed by atoms with E-state index in [0.29, 0.717) is 34.6 Å². The maximum absolute atomic E-state index is 14.3. The highest BCUT2D eigenvalue weighted by Gasteiger charge is 2.31. The summed E-state index contributed by atoms with van der Waals surface area (Å²) in [4.78, 5) is 4.68. The van der Waals surface area contributed by atoms with Gasteiger partial charge in [-0.25, -0.2) is 9.37 Å². The molecule has 0 radical (unpaired) electrons. The summed E-state index contributed by atoms with van der Waals surface area (Å²) in [5, 5.41) is 0.469. The largest absolute Gasteiger partial charge is 0.383 e. The van der Waals surface area contributed by atoms with Gasteiger partial charge >= 0.3 is 0 Å². The van der Waals surface area contributed by atoms with Crippen molar-refractivity contribution in [2.24, 2.45) is 0 Å². The van der Waals surface area contributed by atoms with Gasteiger partial charge in [-0.05, 0) is 36.6 Å². The smallest absolute Gasteiger partial charge is 0.132 e. The zero-order valence-corrected chi connectivity index (χ0v) is 13.8. The van der Waals surface area contributed by atoms with E-state index in [1.165, 1.54) is 12.1 Å². The van der Waals surface area contributed by atoms with Crippen LogP contribution in [0.4, 0.5) is 10.2 Å². The third kappa shape index (κ3) is 2.78. The van der Waals surface area contributed by atoms with Crippen molar-refractivity contribution in [3.05, 3.63) is 70.8 Å². The van der Waals surface area contributed by atoms with Crippen molar-refractivity contribution < 1.29 is 4.39 Å². The van der Waals surface area contributed by atoms with Crippen molar-refractivity contribution in [3.63, 3.8) is 0 Å².